The fourth-order valence-electron chi connectivity index (χ4n) is 1.39. The van der Waals surface area contributed by atoms with Crippen LogP contribution in [0, 0.1) is 0 Å². The fourth-order valence-corrected chi connectivity index (χ4v) is 1.39. The molecule has 16 heavy (non-hydrogen) atoms. The molecule has 1 heterocycles. The van der Waals surface area contributed by atoms with Crippen molar-refractivity contribution >= 4 is 5.91 Å². The maximum absolute atomic E-state index is 11.5. The minimum atomic E-state index is -0.547. The molecule has 0 spiro atoms. The standard InChI is InChI=1S/C10H19NO5/c1-14-6-8(12)2-3-11-10(13)9-7-15-4-5-16-9/h8-9,12H,2-7H2,1H3,(H,11,13). The summed E-state index contributed by atoms with van der Waals surface area (Å²) in [5, 5.41) is 12.0. The molecule has 0 bridgehead atoms. The molecule has 2 N–H and O–H groups in total. The van der Waals surface area contributed by atoms with Gasteiger partial charge in [-0.25, -0.2) is 0 Å². The average Bonchev–Trinajstić information content (AvgIpc) is 2.30. The number of carbonyl (C=O) groups is 1. The largest absolute Gasteiger partial charge is 0.391 e. The molecule has 0 aliphatic carbocycles. The highest BCUT2D eigenvalue weighted by Gasteiger charge is 2.22. The van der Waals surface area contributed by atoms with Crippen LogP contribution in [0.5, 0.6) is 0 Å². The van der Waals surface area contributed by atoms with E-state index in [9.17, 15) is 9.90 Å². The van der Waals surface area contributed by atoms with Gasteiger partial charge in [-0.3, -0.25) is 4.79 Å². The third-order valence-electron chi connectivity index (χ3n) is 2.24. The second-order valence-electron chi connectivity index (χ2n) is 3.62. The van der Waals surface area contributed by atoms with Gasteiger partial charge < -0.3 is 24.6 Å². The first-order valence-corrected chi connectivity index (χ1v) is 5.38. The fraction of sp³-hybridized carbons (Fsp3) is 0.900. The summed E-state index contributed by atoms with van der Waals surface area (Å²) in [5.74, 6) is -0.190. The Morgan fingerprint density at radius 2 is 2.44 bits per heavy atom. The van der Waals surface area contributed by atoms with E-state index in [-0.39, 0.29) is 12.5 Å². The monoisotopic (exact) mass is 233 g/mol. The molecule has 2 unspecified atom stereocenters. The molecule has 0 radical (unpaired) electrons. The third kappa shape index (κ3) is 4.89. The lowest BCUT2D eigenvalue weighted by molar-refractivity contribution is -0.147. The number of aliphatic hydroxyl groups excluding tert-OH is 1. The van der Waals surface area contributed by atoms with Gasteiger partial charge in [-0.05, 0) is 6.42 Å². The maximum atomic E-state index is 11.5. The number of amides is 1. The molecule has 1 saturated heterocycles. The lowest BCUT2D eigenvalue weighted by Crippen LogP contribution is -2.43. The van der Waals surface area contributed by atoms with Gasteiger partial charge in [0.05, 0.1) is 32.5 Å². The van der Waals surface area contributed by atoms with E-state index in [1.807, 2.05) is 0 Å². The molecule has 1 amide bonds. The predicted octanol–water partition coefficient (Wildman–Crippen LogP) is -1.08. The van der Waals surface area contributed by atoms with Crippen LogP contribution in [0.2, 0.25) is 0 Å². The molecule has 1 aliphatic rings. The summed E-state index contributed by atoms with van der Waals surface area (Å²) < 4.78 is 15.1. The van der Waals surface area contributed by atoms with Crippen molar-refractivity contribution in [2.24, 2.45) is 0 Å². The van der Waals surface area contributed by atoms with E-state index in [1.54, 1.807) is 0 Å². The van der Waals surface area contributed by atoms with Crippen molar-refractivity contribution in [3.8, 4) is 0 Å². The Bertz CT molecular complexity index is 205. The highest BCUT2D eigenvalue weighted by Crippen LogP contribution is 2.00. The molecule has 1 aliphatic heterocycles. The summed E-state index contributed by atoms with van der Waals surface area (Å²) in [6.07, 6.45) is -0.602. The van der Waals surface area contributed by atoms with Gasteiger partial charge >= 0.3 is 0 Å². The number of hydrogen-bond donors (Lipinski definition) is 2. The molecule has 2 atom stereocenters. The number of carbonyl (C=O) groups excluding carboxylic acids is 1. The first-order chi connectivity index (χ1) is 7.74. The number of ether oxygens (including phenoxy) is 3. The summed E-state index contributed by atoms with van der Waals surface area (Å²) in [7, 11) is 1.52. The van der Waals surface area contributed by atoms with E-state index in [4.69, 9.17) is 14.2 Å². The van der Waals surface area contributed by atoms with Gasteiger partial charge in [0, 0.05) is 13.7 Å². The van der Waals surface area contributed by atoms with Crippen LogP contribution >= 0.6 is 0 Å². The second-order valence-corrected chi connectivity index (χ2v) is 3.62. The SMILES string of the molecule is COCC(O)CCNC(=O)C1COCCO1. The minimum absolute atomic E-state index is 0.190. The first-order valence-electron chi connectivity index (χ1n) is 5.38. The zero-order valence-corrected chi connectivity index (χ0v) is 9.48. The average molecular weight is 233 g/mol. The Labute approximate surface area is 94.9 Å². The summed E-state index contributed by atoms with van der Waals surface area (Å²) in [6, 6.07) is 0. The van der Waals surface area contributed by atoms with E-state index in [0.29, 0.717) is 32.8 Å². The van der Waals surface area contributed by atoms with E-state index < -0.39 is 12.2 Å². The van der Waals surface area contributed by atoms with Gasteiger partial charge in [-0.15, -0.1) is 0 Å². The smallest absolute Gasteiger partial charge is 0.251 e. The van der Waals surface area contributed by atoms with E-state index in [1.165, 1.54) is 7.11 Å². The van der Waals surface area contributed by atoms with E-state index in [0.717, 1.165) is 0 Å². The molecule has 1 fully saturated rings. The van der Waals surface area contributed by atoms with Crippen LogP contribution in [-0.2, 0) is 19.0 Å². The van der Waals surface area contributed by atoms with Gasteiger partial charge in [0.15, 0.2) is 6.10 Å². The van der Waals surface area contributed by atoms with Gasteiger partial charge in [-0.2, -0.15) is 0 Å². The van der Waals surface area contributed by atoms with Crippen molar-refractivity contribution in [2.45, 2.75) is 18.6 Å². The highest BCUT2D eigenvalue weighted by atomic mass is 16.6. The van der Waals surface area contributed by atoms with Crippen LogP contribution < -0.4 is 5.32 Å². The number of rotatable bonds is 6. The topological polar surface area (TPSA) is 77.0 Å². The van der Waals surface area contributed by atoms with E-state index in [2.05, 4.69) is 5.32 Å². The number of aliphatic hydroxyl groups is 1. The molecule has 6 heteroatoms. The van der Waals surface area contributed by atoms with Gasteiger partial charge in [0.1, 0.15) is 0 Å². The zero-order chi connectivity index (χ0) is 11.8. The Kier molecular flexibility index (Phi) is 6.32. The second kappa shape index (κ2) is 7.56. The molecule has 1 rings (SSSR count). The van der Waals surface area contributed by atoms with Crippen LogP contribution in [0.1, 0.15) is 6.42 Å². The van der Waals surface area contributed by atoms with Crippen LogP contribution in [-0.4, -0.2) is 63.3 Å². The van der Waals surface area contributed by atoms with Crippen molar-refractivity contribution in [1.29, 1.82) is 0 Å². The van der Waals surface area contributed by atoms with Crippen molar-refractivity contribution in [2.75, 3.05) is 40.1 Å². The predicted molar refractivity (Wildman–Crippen MR) is 56.1 cm³/mol. The molecule has 0 saturated carbocycles. The van der Waals surface area contributed by atoms with Gasteiger partial charge in [0.2, 0.25) is 0 Å². The summed E-state index contributed by atoms with van der Waals surface area (Å²) in [4.78, 5) is 11.5. The van der Waals surface area contributed by atoms with Crippen molar-refractivity contribution in [1.82, 2.24) is 5.32 Å². The normalized spacial score (nSPS) is 22.8. The van der Waals surface area contributed by atoms with Gasteiger partial charge in [-0.1, -0.05) is 0 Å². The van der Waals surface area contributed by atoms with Crippen LogP contribution in [0.25, 0.3) is 0 Å². The summed E-state index contributed by atoms with van der Waals surface area (Å²) >= 11 is 0. The van der Waals surface area contributed by atoms with Gasteiger partial charge in [0.25, 0.3) is 5.91 Å². The third-order valence-corrected chi connectivity index (χ3v) is 2.24. The number of methoxy groups -OCH3 is 1. The lowest BCUT2D eigenvalue weighted by Gasteiger charge is -2.22. The number of nitrogens with one attached hydrogen (secondary N) is 1. The van der Waals surface area contributed by atoms with Crippen molar-refractivity contribution < 1.29 is 24.1 Å². The first kappa shape index (κ1) is 13.4. The Balaban J connectivity index is 2.09. The molecule has 6 nitrogen and oxygen atoms in total. The van der Waals surface area contributed by atoms with Crippen LogP contribution in [0.3, 0.4) is 0 Å². The summed E-state index contributed by atoms with van der Waals surface area (Å²) in [6.45, 7) is 1.97. The highest BCUT2D eigenvalue weighted by molar-refractivity contribution is 5.80. The van der Waals surface area contributed by atoms with E-state index >= 15 is 0 Å². The van der Waals surface area contributed by atoms with Crippen molar-refractivity contribution in [3.05, 3.63) is 0 Å². The molecule has 0 aromatic heterocycles. The maximum Gasteiger partial charge on any atom is 0.251 e. The quantitative estimate of drug-likeness (QED) is 0.610. The Hall–Kier alpha value is -0.690. The van der Waals surface area contributed by atoms with Crippen LogP contribution in [0.15, 0.2) is 0 Å². The zero-order valence-electron chi connectivity index (χ0n) is 9.48. The Morgan fingerprint density at radius 1 is 1.62 bits per heavy atom. The Morgan fingerprint density at radius 3 is 3.06 bits per heavy atom. The molecule has 94 valence electrons. The molecule has 0 aromatic carbocycles. The minimum Gasteiger partial charge on any atom is -0.391 e. The van der Waals surface area contributed by atoms with Crippen molar-refractivity contribution in [3.63, 3.8) is 0 Å². The summed E-state index contributed by atoms with van der Waals surface area (Å²) in [5.41, 5.74) is 0. The lowest BCUT2D eigenvalue weighted by atomic mass is 10.2. The number of hydrogen-bond acceptors (Lipinski definition) is 5. The molecular weight excluding hydrogens is 214 g/mol. The molecule has 0 aromatic rings. The molecular formula is C10H19NO5. The van der Waals surface area contributed by atoms with Crippen LogP contribution in [0.4, 0.5) is 0 Å².